The van der Waals surface area contributed by atoms with Crippen LogP contribution in [0.15, 0.2) is 12.3 Å². The zero-order valence-corrected chi connectivity index (χ0v) is 10.7. The summed E-state index contributed by atoms with van der Waals surface area (Å²) in [4.78, 5) is 21.6. The lowest BCUT2D eigenvalue weighted by molar-refractivity contribution is -0.137. The van der Waals surface area contributed by atoms with E-state index in [1.54, 1.807) is 6.20 Å². The maximum absolute atomic E-state index is 11.3. The molecule has 0 radical (unpaired) electrons. The van der Waals surface area contributed by atoms with Gasteiger partial charge in [-0.05, 0) is 25.2 Å². The zero-order valence-electron chi connectivity index (χ0n) is 10.7. The van der Waals surface area contributed by atoms with E-state index in [0.29, 0.717) is 18.9 Å². The van der Waals surface area contributed by atoms with E-state index in [1.807, 2.05) is 0 Å². The standard InChI is InChI=1S/C13H22N2O3/c16-12(17)7-4-9-14-13(18)15-10-8-11-5-2-1-3-6-11/h8,10-11H,1-7,9H2,(H,16,17)(H2,14,15,18)/b10-8+. The van der Waals surface area contributed by atoms with E-state index in [4.69, 9.17) is 5.11 Å². The SMILES string of the molecule is O=C(O)CCCNC(=O)N/C=C/C1CCCCC1. The topological polar surface area (TPSA) is 78.4 Å². The van der Waals surface area contributed by atoms with Crippen molar-refractivity contribution in [3.63, 3.8) is 0 Å². The second-order valence-corrected chi connectivity index (χ2v) is 4.65. The van der Waals surface area contributed by atoms with Gasteiger partial charge in [0.05, 0.1) is 0 Å². The minimum absolute atomic E-state index is 0.0815. The Bertz CT molecular complexity index is 297. The Labute approximate surface area is 108 Å². The summed E-state index contributed by atoms with van der Waals surface area (Å²) in [6.45, 7) is 0.384. The van der Waals surface area contributed by atoms with Gasteiger partial charge in [0.2, 0.25) is 0 Å². The highest BCUT2D eigenvalue weighted by molar-refractivity contribution is 5.74. The van der Waals surface area contributed by atoms with Gasteiger partial charge in [0.15, 0.2) is 0 Å². The van der Waals surface area contributed by atoms with Crippen LogP contribution in [0.25, 0.3) is 0 Å². The first-order valence-corrected chi connectivity index (χ1v) is 6.61. The second-order valence-electron chi connectivity index (χ2n) is 4.65. The van der Waals surface area contributed by atoms with Gasteiger partial charge in [-0.25, -0.2) is 4.79 Å². The largest absolute Gasteiger partial charge is 0.481 e. The van der Waals surface area contributed by atoms with Crippen LogP contribution in [-0.4, -0.2) is 23.7 Å². The fourth-order valence-corrected chi connectivity index (χ4v) is 2.08. The first-order chi connectivity index (χ1) is 8.68. The van der Waals surface area contributed by atoms with Crippen LogP contribution in [-0.2, 0) is 4.79 Å². The number of nitrogens with one attached hydrogen (secondary N) is 2. The molecule has 3 N–H and O–H groups in total. The molecule has 18 heavy (non-hydrogen) atoms. The highest BCUT2D eigenvalue weighted by Crippen LogP contribution is 2.24. The molecule has 0 aromatic heterocycles. The van der Waals surface area contributed by atoms with E-state index < -0.39 is 5.97 Å². The Morgan fingerprint density at radius 2 is 1.94 bits per heavy atom. The first kappa shape index (κ1) is 14.5. The summed E-state index contributed by atoms with van der Waals surface area (Å²) in [6.07, 6.45) is 10.6. The molecule has 0 bridgehead atoms. The third-order valence-electron chi connectivity index (χ3n) is 3.09. The van der Waals surface area contributed by atoms with Gasteiger partial charge in [-0.15, -0.1) is 0 Å². The number of urea groups is 1. The minimum atomic E-state index is -0.839. The van der Waals surface area contributed by atoms with Crippen LogP contribution in [0, 0.1) is 5.92 Å². The molecule has 0 heterocycles. The van der Waals surface area contributed by atoms with Crippen molar-refractivity contribution in [3.8, 4) is 0 Å². The molecule has 0 atom stereocenters. The third-order valence-corrected chi connectivity index (χ3v) is 3.09. The summed E-state index contributed by atoms with van der Waals surface area (Å²) < 4.78 is 0. The third kappa shape index (κ3) is 6.93. The van der Waals surface area contributed by atoms with Crippen LogP contribution in [0.2, 0.25) is 0 Å². The molecule has 2 amide bonds. The fourth-order valence-electron chi connectivity index (χ4n) is 2.08. The molecular weight excluding hydrogens is 232 g/mol. The molecule has 0 aromatic carbocycles. The van der Waals surface area contributed by atoms with Crippen molar-refractivity contribution in [2.24, 2.45) is 5.92 Å². The molecule has 0 saturated heterocycles. The van der Waals surface area contributed by atoms with E-state index in [-0.39, 0.29) is 12.5 Å². The number of aliphatic carboxylic acids is 1. The van der Waals surface area contributed by atoms with Crippen molar-refractivity contribution in [3.05, 3.63) is 12.3 Å². The number of allylic oxidation sites excluding steroid dienone is 1. The molecule has 5 nitrogen and oxygen atoms in total. The van der Waals surface area contributed by atoms with Crippen molar-refractivity contribution in [2.45, 2.75) is 44.9 Å². The molecule has 1 rings (SSSR count). The van der Waals surface area contributed by atoms with Crippen molar-refractivity contribution in [1.82, 2.24) is 10.6 Å². The molecule has 1 fully saturated rings. The number of amides is 2. The molecule has 1 saturated carbocycles. The van der Waals surface area contributed by atoms with Gasteiger partial charge in [0.1, 0.15) is 0 Å². The summed E-state index contributed by atoms with van der Waals surface area (Å²) in [5, 5.41) is 13.7. The summed E-state index contributed by atoms with van der Waals surface area (Å²) in [5.74, 6) is -0.250. The van der Waals surface area contributed by atoms with E-state index in [9.17, 15) is 9.59 Å². The number of hydrogen-bond acceptors (Lipinski definition) is 2. The van der Waals surface area contributed by atoms with Gasteiger partial charge in [0, 0.05) is 19.2 Å². The van der Waals surface area contributed by atoms with E-state index in [1.165, 1.54) is 32.1 Å². The number of carbonyl (C=O) groups is 2. The molecule has 1 aliphatic carbocycles. The maximum atomic E-state index is 11.3. The average molecular weight is 254 g/mol. The van der Waals surface area contributed by atoms with Gasteiger partial charge in [-0.3, -0.25) is 4.79 Å². The second kappa shape index (κ2) is 8.55. The molecular formula is C13H22N2O3. The molecule has 0 spiro atoms. The van der Waals surface area contributed by atoms with Gasteiger partial charge >= 0.3 is 12.0 Å². The number of carbonyl (C=O) groups excluding carboxylic acids is 1. The summed E-state index contributed by atoms with van der Waals surface area (Å²) >= 11 is 0. The predicted molar refractivity (Wildman–Crippen MR) is 69.1 cm³/mol. The van der Waals surface area contributed by atoms with Crippen LogP contribution >= 0.6 is 0 Å². The Balaban J connectivity index is 2.05. The van der Waals surface area contributed by atoms with E-state index >= 15 is 0 Å². The van der Waals surface area contributed by atoms with Gasteiger partial charge in [-0.1, -0.05) is 25.3 Å². The van der Waals surface area contributed by atoms with Crippen molar-refractivity contribution < 1.29 is 14.7 Å². The van der Waals surface area contributed by atoms with Crippen molar-refractivity contribution in [2.75, 3.05) is 6.54 Å². The molecule has 102 valence electrons. The Kier molecular flexibility index (Phi) is 6.91. The number of carboxylic acid groups (broad SMARTS) is 1. The smallest absolute Gasteiger partial charge is 0.318 e. The Hall–Kier alpha value is -1.52. The quantitative estimate of drug-likeness (QED) is 0.636. The molecule has 5 heteroatoms. The van der Waals surface area contributed by atoms with Crippen LogP contribution < -0.4 is 10.6 Å². The molecule has 0 unspecified atom stereocenters. The highest BCUT2D eigenvalue weighted by atomic mass is 16.4. The summed E-state index contributed by atoms with van der Waals surface area (Å²) in [5.41, 5.74) is 0. The number of carboxylic acids is 1. The van der Waals surface area contributed by atoms with Gasteiger partial charge < -0.3 is 15.7 Å². The van der Waals surface area contributed by atoms with Gasteiger partial charge in [-0.2, -0.15) is 0 Å². The first-order valence-electron chi connectivity index (χ1n) is 6.61. The minimum Gasteiger partial charge on any atom is -0.481 e. The average Bonchev–Trinajstić information content (AvgIpc) is 2.36. The van der Waals surface area contributed by atoms with E-state index in [0.717, 1.165) is 0 Å². The zero-order chi connectivity index (χ0) is 13.2. The normalized spacial score (nSPS) is 16.7. The van der Waals surface area contributed by atoms with Gasteiger partial charge in [0.25, 0.3) is 0 Å². The van der Waals surface area contributed by atoms with Crippen LogP contribution in [0.4, 0.5) is 4.79 Å². The van der Waals surface area contributed by atoms with Crippen LogP contribution in [0.5, 0.6) is 0 Å². The number of hydrogen-bond donors (Lipinski definition) is 3. The fraction of sp³-hybridized carbons (Fsp3) is 0.692. The summed E-state index contributed by atoms with van der Waals surface area (Å²) in [7, 11) is 0. The summed E-state index contributed by atoms with van der Waals surface area (Å²) in [6, 6.07) is -0.271. The Morgan fingerprint density at radius 1 is 1.22 bits per heavy atom. The van der Waals surface area contributed by atoms with Crippen molar-refractivity contribution >= 4 is 12.0 Å². The molecule has 0 aliphatic heterocycles. The molecule has 1 aliphatic rings. The number of rotatable bonds is 6. The lowest BCUT2D eigenvalue weighted by atomic mass is 9.89. The molecule has 0 aromatic rings. The predicted octanol–water partition coefficient (Wildman–Crippen LogP) is 2.24. The monoisotopic (exact) mass is 254 g/mol. The lowest BCUT2D eigenvalue weighted by Crippen LogP contribution is -2.33. The van der Waals surface area contributed by atoms with Crippen molar-refractivity contribution in [1.29, 1.82) is 0 Å². The Morgan fingerprint density at radius 3 is 2.61 bits per heavy atom. The maximum Gasteiger partial charge on any atom is 0.318 e. The van der Waals surface area contributed by atoms with Crippen LogP contribution in [0.3, 0.4) is 0 Å². The van der Waals surface area contributed by atoms with E-state index in [2.05, 4.69) is 16.7 Å². The highest BCUT2D eigenvalue weighted by Gasteiger charge is 2.09. The van der Waals surface area contributed by atoms with Crippen LogP contribution in [0.1, 0.15) is 44.9 Å². The lowest BCUT2D eigenvalue weighted by Gasteiger charge is -2.17.